The Morgan fingerprint density at radius 2 is 1.81 bits per heavy atom. The zero-order valence-electron chi connectivity index (χ0n) is 14.5. The van der Waals surface area contributed by atoms with Gasteiger partial charge in [0.05, 0.1) is 6.54 Å². The molecule has 0 bridgehead atoms. The van der Waals surface area contributed by atoms with E-state index in [0.717, 1.165) is 5.56 Å². The van der Waals surface area contributed by atoms with Crippen molar-refractivity contribution in [2.24, 2.45) is 17.2 Å². The monoisotopic (exact) mass is 366 g/mol. The molecule has 1 unspecified atom stereocenters. The van der Waals surface area contributed by atoms with Crippen molar-refractivity contribution in [3.8, 4) is 0 Å². The van der Waals surface area contributed by atoms with Crippen LogP contribution in [0.3, 0.4) is 0 Å². The van der Waals surface area contributed by atoms with Crippen LogP contribution in [0.5, 0.6) is 0 Å². The summed E-state index contributed by atoms with van der Waals surface area (Å²) < 4.78 is 4.68. The lowest BCUT2D eigenvalue weighted by atomic mass is 10.1. The number of hydrogen-bond donors (Lipinski definition) is 6. The van der Waals surface area contributed by atoms with E-state index in [9.17, 15) is 14.4 Å². The number of rotatable bonds is 11. The van der Waals surface area contributed by atoms with Crippen LogP contribution in [-0.2, 0) is 20.9 Å². The van der Waals surface area contributed by atoms with Crippen molar-refractivity contribution in [1.82, 2.24) is 10.6 Å². The number of benzene rings is 1. The quantitative estimate of drug-likeness (QED) is 0.214. The number of ether oxygens (including phenoxy) is 1. The second-order valence-electron chi connectivity index (χ2n) is 5.46. The van der Waals surface area contributed by atoms with E-state index in [1.807, 2.05) is 0 Å². The van der Waals surface area contributed by atoms with Gasteiger partial charge in [0.1, 0.15) is 12.6 Å². The van der Waals surface area contributed by atoms with Crippen LogP contribution in [0.4, 0.5) is 10.5 Å². The van der Waals surface area contributed by atoms with Gasteiger partial charge in [0.25, 0.3) is 0 Å². The predicted molar refractivity (Wildman–Crippen MR) is 96.7 cm³/mol. The Morgan fingerprint density at radius 3 is 2.38 bits per heavy atom. The minimum atomic E-state index is -0.856. The molecule has 1 atom stereocenters. The first-order valence-electron chi connectivity index (χ1n) is 8.18. The summed E-state index contributed by atoms with van der Waals surface area (Å²) >= 11 is 0. The number of primary amides is 1. The number of carbonyl (C=O) groups is 3. The molecule has 0 saturated carbocycles. The predicted octanol–water partition coefficient (Wildman–Crippen LogP) is -1.05. The summed E-state index contributed by atoms with van der Waals surface area (Å²) in [6.07, 6.45) is 0.239. The Balaban J connectivity index is 2.62. The van der Waals surface area contributed by atoms with E-state index in [2.05, 4.69) is 20.7 Å². The zero-order chi connectivity index (χ0) is 19.4. The first kappa shape index (κ1) is 21.4. The van der Waals surface area contributed by atoms with Gasteiger partial charge in [0.15, 0.2) is 0 Å². The van der Waals surface area contributed by atoms with Crippen molar-refractivity contribution >= 4 is 23.6 Å². The smallest absolute Gasteiger partial charge is 0.404 e. The molecule has 0 fully saturated rings. The third-order valence-electron chi connectivity index (χ3n) is 3.43. The van der Waals surface area contributed by atoms with Crippen LogP contribution in [0.25, 0.3) is 0 Å². The van der Waals surface area contributed by atoms with E-state index in [4.69, 9.17) is 17.2 Å². The molecule has 10 nitrogen and oxygen atoms in total. The van der Waals surface area contributed by atoms with Crippen molar-refractivity contribution in [2.45, 2.75) is 25.5 Å². The zero-order valence-corrected chi connectivity index (χ0v) is 14.5. The summed E-state index contributed by atoms with van der Waals surface area (Å²) in [6, 6.07) is 6.00. The Kier molecular flexibility index (Phi) is 9.69. The number of hydrogen-bond acceptors (Lipinski definition) is 7. The largest absolute Gasteiger partial charge is 0.445 e. The van der Waals surface area contributed by atoms with Crippen LogP contribution in [-0.4, -0.2) is 43.7 Å². The number of amides is 3. The van der Waals surface area contributed by atoms with Gasteiger partial charge < -0.3 is 37.9 Å². The third-order valence-corrected chi connectivity index (χ3v) is 3.43. The molecule has 1 aromatic rings. The highest BCUT2D eigenvalue weighted by molar-refractivity contribution is 5.97. The highest BCUT2D eigenvalue weighted by Gasteiger charge is 2.20. The SMILES string of the molecule is NCNCCCC(NC(=O)CN)C(=O)Nc1ccc(COC(N)=O)cc1. The number of nitrogens with two attached hydrogens (primary N) is 3. The van der Waals surface area contributed by atoms with E-state index in [1.165, 1.54) is 0 Å². The molecule has 0 heterocycles. The first-order valence-corrected chi connectivity index (χ1v) is 8.18. The van der Waals surface area contributed by atoms with Crippen LogP contribution < -0.4 is 33.2 Å². The highest BCUT2D eigenvalue weighted by atomic mass is 16.5. The molecule has 0 aliphatic carbocycles. The van der Waals surface area contributed by atoms with Gasteiger partial charge in [-0.3, -0.25) is 9.59 Å². The minimum absolute atomic E-state index is 0.0485. The molecule has 0 spiro atoms. The van der Waals surface area contributed by atoms with Gasteiger partial charge >= 0.3 is 6.09 Å². The summed E-state index contributed by atoms with van der Waals surface area (Å²) in [6.45, 7) is 0.831. The lowest BCUT2D eigenvalue weighted by Gasteiger charge is -2.18. The van der Waals surface area contributed by atoms with Crippen LogP contribution in [0, 0.1) is 0 Å². The average molecular weight is 366 g/mol. The number of anilines is 1. The maximum atomic E-state index is 12.4. The molecule has 10 heteroatoms. The molecule has 0 saturated heterocycles. The van der Waals surface area contributed by atoms with Crippen molar-refractivity contribution < 1.29 is 19.1 Å². The topological polar surface area (TPSA) is 175 Å². The normalized spacial score (nSPS) is 11.5. The summed E-state index contributed by atoms with van der Waals surface area (Å²) in [5.41, 5.74) is 16.8. The van der Waals surface area contributed by atoms with Crippen molar-refractivity contribution in [2.75, 3.05) is 25.1 Å². The van der Waals surface area contributed by atoms with Crippen molar-refractivity contribution in [3.05, 3.63) is 29.8 Å². The number of carbonyl (C=O) groups excluding carboxylic acids is 3. The summed E-state index contributed by atoms with van der Waals surface area (Å²) in [5.74, 6) is -0.753. The molecule has 3 amide bonds. The van der Waals surface area contributed by atoms with Gasteiger partial charge in [0, 0.05) is 12.4 Å². The Bertz CT molecular complexity index is 593. The van der Waals surface area contributed by atoms with Gasteiger partial charge in [-0.1, -0.05) is 12.1 Å². The van der Waals surface area contributed by atoms with Gasteiger partial charge in [0.2, 0.25) is 11.8 Å². The van der Waals surface area contributed by atoms with E-state index in [1.54, 1.807) is 24.3 Å². The molecule has 26 heavy (non-hydrogen) atoms. The third kappa shape index (κ3) is 8.42. The van der Waals surface area contributed by atoms with Crippen LogP contribution in [0.2, 0.25) is 0 Å². The minimum Gasteiger partial charge on any atom is -0.445 e. The maximum Gasteiger partial charge on any atom is 0.404 e. The summed E-state index contributed by atoms with van der Waals surface area (Å²) in [5, 5.41) is 8.28. The molecule has 0 aromatic heterocycles. The van der Waals surface area contributed by atoms with Gasteiger partial charge in [-0.2, -0.15) is 0 Å². The maximum absolute atomic E-state index is 12.4. The molecule has 9 N–H and O–H groups in total. The molecule has 0 aliphatic rings. The van der Waals surface area contributed by atoms with Gasteiger partial charge in [-0.15, -0.1) is 0 Å². The Labute approximate surface area is 151 Å². The molecule has 0 radical (unpaired) electrons. The lowest BCUT2D eigenvalue weighted by molar-refractivity contribution is -0.125. The second-order valence-corrected chi connectivity index (χ2v) is 5.46. The second kappa shape index (κ2) is 11.8. The van der Waals surface area contributed by atoms with E-state index >= 15 is 0 Å². The first-order chi connectivity index (χ1) is 12.5. The van der Waals surface area contributed by atoms with Crippen molar-refractivity contribution in [1.29, 1.82) is 0 Å². The summed E-state index contributed by atoms with van der Waals surface area (Å²) in [7, 11) is 0. The Morgan fingerprint density at radius 1 is 1.12 bits per heavy atom. The highest BCUT2D eigenvalue weighted by Crippen LogP contribution is 2.12. The van der Waals surface area contributed by atoms with E-state index in [-0.39, 0.29) is 19.1 Å². The fraction of sp³-hybridized carbons (Fsp3) is 0.438. The molecule has 1 rings (SSSR count). The fourth-order valence-corrected chi connectivity index (χ4v) is 2.12. The molecular weight excluding hydrogens is 340 g/mol. The van der Waals surface area contributed by atoms with Gasteiger partial charge in [-0.05, 0) is 37.1 Å². The van der Waals surface area contributed by atoms with Crippen molar-refractivity contribution in [3.63, 3.8) is 0 Å². The number of nitrogens with one attached hydrogen (secondary N) is 3. The van der Waals surface area contributed by atoms with E-state index in [0.29, 0.717) is 31.7 Å². The molecule has 1 aromatic carbocycles. The lowest BCUT2D eigenvalue weighted by Crippen LogP contribution is -2.46. The van der Waals surface area contributed by atoms with Crippen LogP contribution in [0.15, 0.2) is 24.3 Å². The fourth-order valence-electron chi connectivity index (χ4n) is 2.12. The average Bonchev–Trinajstić information content (AvgIpc) is 2.63. The van der Waals surface area contributed by atoms with Crippen LogP contribution >= 0.6 is 0 Å². The van der Waals surface area contributed by atoms with E-state index < -0.39 is 18.0 Å². The Hall–Kier alpha value is -2.69. The molecule has 0 aliphatic heterocycles. The molecule has 144 valence electrons. The summed E-state index contributed by atoms with van der Waals surface area (Å²) in [4.78, 5) is 34.6. The van der Waals surface area contributed by atoms with Gasteiger partial charge in [-0.25, -0.2) is 4.79 Å². The van der Waals surface area contributed by atoms with Crippen LogP contribution in [0.1, 0.15) is 18.4 Å². The standard InChI is InChI=1S/C16H26N6O4/c17-8-14(23)22-13(2-1-7-20-10-18)15(24)21-12-5-3-11(4-6-12)9-26-16(19)25/h3-6,13,20H,1-2,7-10,17-18H2,(H2,19,25)(H,21,24)(H,22,23). The molecular formula is C16H26N6O4.